The van der Waals surface area contributed by atoms with Crippen molar-refractivity contribution in [2.75, 3.05) is 5.32 Å². The Morgan fingerprint density at radius 1 is 0.828 bits per heavy atom. The fourth-order valence-electron chi connectivity index (χ4n) is 4.48. The van der Waals surface area contributed by atoms with Crippen LogP contribution in [0.1, 0.15) is 59.4 Å². The molecule has 1 aliphatic heterocycles. The Hall–Kier alpha value is -2.95. The van der Waals surface area contributed by atoms with Gasteiger partial charge in [0.25, 0.3) is 5.91 Å². The number of anilines is 1. The molecule has 0 fully saturated rings. The van der Waals surface area contributed by atoms with Gasteiger partial charge in [0.15, 0.2) is 5.82 Å². The summed E-state index contributed by atoms with van der Waals surface area (Å²) in [4.78, 5) is 12.7. The lowest BCUT2D eigenvalue weighted by Gasteiger charge is -2.16. The number of amides is 1. The number of hydrogen-bond acceptors (Lipinski definition) is 3. The number of benzene rings is 2. The maximum atomic E-state index is 12.7. The Labute approximate surface area is 171 Å². The summed E-state index contributed by atoms with van der Waals surface area (Å²) in [6.07, 6.45) is 9.28. The Morgan fingerprint density at radius 3 is 2.48 bits per heavy atom. The maximum Gasteiger partial charge on any atom is 0.255 e. The van der Waals surface area contributed by atoms with E-state index in [9.17, 15) is 4.79 Å². The number of nitrogens with one attached hydrogen (secondary N) is 1. The number of hydrogen-bond donors (Lipinski definition) is 1. The van der Waals surface area contributed by atoms with Crippen molar-refractivity contribution in [2.24, 2.45) is 0 Å². The zero-order chi connectivity index (χ0) is 19.6. The number of carbonyl (C=O) groups is 1. The predicted molar refractivity (Wildman–Crippen MR) is 114 cm³/mol. The van der Waals surface area contributed by atoms with Crippen molar-refractivity contribution in [2.45, 2.75) is 57.9 Å². The molecule has 2 aliphatic rings. The van der Waals surface area contributed by atoms with E-state index in [1.54, 1.807) is 0 Å². The monoisotopic (exact) mass is 386 g/mol. The summed E-state index contributed by atoms with van der Waals surface area (Å²) >= 11 is 0. The first-order chi connectivity index (χ1) is 14.3. The van der Waals surface area contributed by atoms with Crippen LogP contribution in [0.2, 0.25) is 0 Å². The third kappa shape index (κ3) is 3.69. The molecule has 0 bridgehead atoms. The summed E-state index contributed by atoms with van der Waals surface area (Å²) in [5, 5.41) is 11.8. The molecule has 3 aromatic rings. The van der Waals surface area contributed by atoms with Gasteiger partial charge in [-0.2, -0.15) is 0 Å². The molecule has 5 heteroatoms. The van der Waals surface area contributed by atoms with E-state index in [4.69, 9.17) is 0 Å². The molecule has 0 saturated heterocycles. The van der Waals surface area contributed by atoms with E-state index in [1.165, 1.54) is 43.2 Å². The van der Waals surface area contributed by atoms with Crippen molar-refractivity contribution in [3.8, 4) is 11.4 Å². The zero-order valence-corrected chi connectivity index (χ0v) is 16.7. The maximum absolute atomic E-state index is 12.7. The van der Waals surface area contributed by atoms with Crippen LogP contribution in [0.25, 0.3) is 11.4 Å². The first-order valence-electron chi connectivity index (χ1n) is 10.7. The van der Waals surface area contributed by atoms with Crippen molar-refractivity contribution >= 4 is 11.6 Å². The molecule has 2 heterocycles. The smallest absolute Gasteiger partial charge is 0.255 e. The lowest BCUT2D eigenvalue weighted by molar-refractivity contribution is 0.102. The average molecular weight is 386 g/mol. The second-order valence-electron chi connectivity index (χ2n) is 8.12. The van der Waals surface area contributed by atoms with Crippen LogP contribution >= 0.6 is 0 Å². The molecule has 0 unspecified atom stereocenters. The van der Waals surface area contributed by atoms with Gasteiger partial charge in [-0.05, 0) is 86.1 Å². The standard InChI is InChI=1S/C24H26N4O/c29-24(20-10-9-17-6-3-4-7-19(17)16-20)25-21-13-11-18(12-14-21)23-27-26-22-8-2-1-5-15-28(22)23/h9-14,16H,1-8,15H2,(H,25,29). The molecule has 5 rings (SSSR count). The number of carbonyl (C=O) groups excluding carboxylic acids is 1. The highest BCUT2D eigenvalue weighted by atomic mass is 16.1. The second kappa shape index (κ2) is 7.82. The van der Waals surface area contributed by atoms with Gasteiger partial charge in [-0.1, -0.05) is 12.5 Å². The van der Waals surface area contributed by atoms with E-state index >= 15 is 0 Å². The van der Waals surface area contributed by atoms with Gasteiger partial charge in [0.2, 0.25) is 0 Å². The minimum absolute atomic E-state index is 0.0533. The average Bonchev–Trinajstić information content (AvgIpc) is 3.02. The van der Waals surface area contributed by atoms with E-state index in [2.05, 4.69) is 32.2 Å². The quantitative estimate of drug-likeness (QED) is 0.703. The van der Waals surface area contributed by atoms with Crippen molar-refractivity contribution in [1.29, 1.82) is 0 Å². The van der Waals surface area contributed by atoms with Crippen LogP contribution in [-0.2, 0) is 25.8 Å². The Kier molecular flexibility index (Phi) is 4.88. The third-order valence-corrected chi connectivity index (χ3v) is 6.12. The van der Waals surface area contributed by atoms with Gasteiger partial charge in [0, 0.05) is 29.8 Å². The normalized spacial score (nSPS) is 15.9. The SMILES string of the molecule is O=C(Nc1ccc(-c2nnc3n2CCCCC3)cc1)c1ccc2c(c1)CCCC2. The molecule has 0 spiro atoms. The van der Waals surface area contributed by atoms with Crippen LogP contribution in [0.5, 0.6) is 0 Å². The zero-order valence-electron chi connectivity index (χ0n) is 16.7. The first kappa shape index (κ1) is 18.1. The molecule has 0 radical (unpaired) electrons. The second-order valence-corrected chi connectivity index (χ2v) is 8.12. The summed E-state index contributed by atoms with van der Waals surface area (Å²) in [5.74, 6) is 1.96. The molecule has 2 aromatic carbocycles. The van der Waals surface area contributed by atoms with E-state index < -0.39 is 0 Å². The molecule has 1 aromatic heterocycles. The lowest BCUT2D eigenvalue weighted by atomic mass is 9.90. The number of aryl methyl sites for hydroxylation is 3. The van der Waals surface area contributed by atoms with Gasteiger partial charge >= 0.3 is 0 Å². The van der Waals surface area contributed by atoms with Gasteiger partial charge < -0.3 is 9.88 Å². The minimum atomic E-state index is -0.0533. The summed E-state index contributed by atoms with van der Waals surface area (Å²) in [6.45, 7) is 0.981. The van der Waals surface area contributed by atoms with Crippen LogP contribution in [0.3, 0.4) is 0 Å². The van der Waals surface area contributed by atoms with Crippen molar-refractivity contribution in [1.82, 2.24) is 14.8 Å². The van der Waals surface area contributed by atoms with Crippen LogP contribution < -0.4 is 5.32 Å². The van der Waals surface area contributed by atoms with Crippen LogP contribution in [0.15, 0.2) is 42.5 Å². The van der Waals surface area contributed by atoms with E-state index in [-0.39, 0.29) is 5.91 Å². The molecule has 148 valence electrons. The number of nitrogens with zero attached hydrogens (tertiary/aromatic N) is 3. The Bertz CT molecular complexity index is 1040. The largest absolute Gasteiger partial charge is 0.322 e. The molecule has 5 nitrogen and oxygen atoms in total. The summed E-state index contributed by atoms with van der Waals surface area (Å²) in [7, 11) is 0. The van der Waals surface area contributed by atoms with Crippen LogP contribution in [-0.4, -0.2) is 20.7 Å². The van der Waals surface area contributed by atoms with E-state index in [0.29, 0.717) is 0 Å². The molecule has 0 atom stereocenters. The first-order valence-corrected chi connectivity index (χ1v) is 10.7. The van der Waals surface area contributed by atoms with Crippen molar-refractivity contribution in [3.63, 3.8) is 0 Å². The molecule has 1 N–H and O–H groups in total. The Morgan fingerprint density at radius 2 is 1.62 bits per heavy atom. The highest BCUT2D eigenvalue weighted by molar-refractivity contribution is 6.04. The Balaban J connectivity index is 1.32. The van der Waals surface area contributed by atoms with Crippen LogP contribution in [0, 0.1) is 0 Å². The predicted octanol–water partition coefficient (Wildman–Crippen LogP) is 4.80. The minimum Gasteiger partial charge on any atom is -0.322 e. The summed E-state index contributed by atoms with van der Waals surface area (Å²) < 4.78 is 2.24. The lowest BCUT2D eigenvalue weighted by Crippen LogP contribution is -2.13. The molecule has 0 saturated carbocycles. The molecule has 29 heavy (non-hydrogen) atoms. The van der Waals surface area contributed by atoms with Crippen molar-refractivity contribution < 1.29 is 4.79 Å². The summed E-state index contributed by atoms with van der Waals surface area (Å²) in [5.41, 5.74) is 5.29. The fourth-order valence-corrected chi connectivity index (χ4v) is 4.48. The summed E-state index contributed by atoms with van der Waals surface area (Å²) in [6, 6.07) is 14.1. The third-order valence-electron chi connectivity index (χ3n) is 6.12. The molecular weight excluding hydrogens is 360 g/mol. The van der Waals surface area contributed by atoms with Gasteiger partial charge in [-0.3, -0.25) is 4.79 Å². The highest BCUT2D eigenvalue weighted by Crippen LogP contribution is 2.25. The van der Waals surface area contributed by atoms with Crippen LogP contribution in [0.4, 0.5) is 5.69 Å². The van der Waals surface area contributed by atoms with Gasteiger partial charge in [0.1, 0.15) is 5.82 Å². The highest BCUT2D eigenvalue weighted by Gasteiger charge is 2.16. The van der Waals surface area contributed by atoms with E-state index in [1.807, 2.05) is 30.3 Å². The van der Waals surface area contributed by atoms with Gasteiger partial charge in [-0.15, -0.1) is 10.2 Å². The fraction of sp³-hybridized carbons (Fsp3) is 0.375. The van der Waals surface area contributed by atoms with E-state index in [0.717, 1.165) is 54.3 Å². The number of fused-ring (bicyclic) bond motifs is 2. The van der Waals surface area contributed by atoms with Crippen molar-refractivity contribution in [3.05, 3.63) is 65.0 Å². The molecule has 1 amide bonds. The number of aromatic nitrogens is 3. The van der Waals surface area contributed by atoms with Gasteiger partial charge in [-0.25, -0.2) is 0 Å². The molecule has 1 aliphatic carbocycles. The topological polar surface area (TPSA) is 59.8 Å². The molecular formula is C24H26N4O. The van der Waals surface area contributed by atoms with Gasteiger partial charge in [0.05, 0.1) is 0 Å². The number of rotatable bonds is 3.